The Morgan fingerprint density at radius 1 is 1.45 bits per heavy atom. The predicted octanol–water partition coefficient (Wildman–Crippen LogP) is 1.60. The number of nitrogens with one attached hydrogen (secondary N) is 2. The van der Waals surface area contributed by atoms with Gasteiger partial charge in [-0.1, -0.05) is 19.1 Å². The minimum atomic E-state index is 0.115. The van der Waals surface area contributed by atoms with Gasteiger partial charge < -0.3 is 15.4 Å². The maximum atomic E-state index is 12.1. The number of ether oxygens (including phenoxy) is 1. The van der Waals surface area contributed by atoms with E-state index in [4.69, 9.17) is 4.74 Å². The number of amides is 1. The van der Waals surface area contributed by atoms with E-state index in [0.29, 0.717) is 12.5 Å². The summed E-state index contributed by atoms with van der Waals surface area (Å²) in [6.07, 6.45) is 1.82. The Balaban J connectivity index is 1.76. The first kappa shape index (κ1) is 14.9. The number of methoxy groups -OCH3 is 1. The Morgan fingerprint density at radius 2 is 2.30 bits per heavy atom. The van der Waals surface area contributed by atoms with Crippen molar-refractivity contribution < 1.29 is 9.53 Å². The largest absolute Gasteiger partial charge is 0.497 e. The van der Waals surface area contributed by atoms with Crippen LogP contribution in [0, 0.1) is 11.8 Å². The summed E-state index contributed by atoms with van der Waals surface area (Å²) in [4.78, 5) is 12.1. The summed E-state index contributed by atoms with van der Waals surface area (Å²) in [6.45, 7) is 4.68. The van der Waals surface area contributed by atoms with Crippen LogP contribution < -0.4 is 15.4 Å². The van der Waals surface area contributed by atoms with Gasteiger partial charge in [0.05, 0.1) is 13.0 Å². The lowest BCUT2D eigenvalue weighted by Gasteiger charge is -2.26. The highest BCUT2D eigenvalue weighted by Crippen LogP contribution is 2.16. The first-order valence-electron chi connectivity index (χ1n) is 7.30. The molecule has 4 heteroatoms. The molecule has 4 nitrogen and oxygen atoms in total. The van der Waals surface area contributed by atoms with Crippen molar-refractivity contribution in [3.8, 4) is 5.75 Å². The van der Waals surface area contributed by atoms with E-state index >= 15 is 0 Å². The molecular formula is C16H24N2O2. The Bertz CT molecular complexity index is 448. The second-order valence-corrected chi connectivity index (χ2v) is 5.59. The maximum Gasteiger partial charge on any atom is 0.224 e. The Hall–Kier alpha value is -1.55. The van der Waals surface area contributed by atoms with Crippen molar-refractivity contribution in [1.82, 2.24) is 10.6 Å². The molecule has 0 spiro atoms. The number of hydrogen-bond acceptors (Lipinski definition) is 3. The zero-order valence-electron chi connectivity index (χ0n) is 12.3. The van der Waals surface area contributed by atoms with E-state index in [0.717, 1.165) is 31.7 Å². The van der Waals surface area contributed by atoms with Gasteiger partial charge in [-0.25, -0.2) is 0 Å². The summed E-state index contributed by atoms with van der Waals surface area (Å²) in [7, 11) is 1.66. The molecular weight excluding hydrogens is 252 g/mol. The molecule has 2 atom stereocenters. The second kappa shape index (κ2) is 7.29. The normalized spacial score (nSPS) is 22.3. The Morgan fingerprint density at radius 3 is 3.05 bits per heavy atom. The quantitative estimate of drug-likeness (QED) is 0.859. The molecule has 1 heterocycles. The van der Waals surface area contributed by atoms with Gasteiger partial charge in [-0.3, -0.25) is 4.79 Å². The monoisotopic (exact) mass is 276 g/mol. The van der Waals surface area contributed by atoms with Crippen molar-refractivity contribution in [2.45, 2.75) is 19.8 Å². The number of carbonyl (C=O) groups excluding carboxylic acids is 1. The van der Waals surface area contributed by atoms with Gasteiger partial charge in [0.2, 0.25) is 5.91 Å². The van der Waals surface area contributed by atoms with Gasteiger partial charge >= 0.3 is 0 Å². The Kier molecular flexibility index (Phi) is 5.41. The van der Waals surface area contributed by atoms with Crippen molar-refractivity contribution >= 4 is 5.91 Å². The highest BCUT2D eigenvalue weighted by molar-refractivity contribution is 5.79. The second-order valence-electron chi connectivity index (χ2n) is 5.59. The summed E-state index contributed by atoms with van der Waals surface area (Å²) >= 11 is 0. The van der Waals surface area contributed by atoms with E-state index in [1.54, 1.807) is 7.11 Å². The van der Waals surface area contributed by atoms with Crippen molar-refractivity contribution in [3.63, 3.8) is 0 Å². The fraction of sp³-hybridized carbons (Fsp3) is 0.562. The first-order valence-corrected chi connectivity index (χ1v) is 7.30. The minimum absolute atomic E-state index is 0.115. The zero-order chi connectivity index (χ0) is 14.4. The fourth-order valence-corrected chi connectivity index (χ4v) is 2.66. The van der Waals surface area contributed by atoms with Gasteiger partial charge in [0.1, 0.15) is 5.75 Å². The highest BCUT2D eigenvalue weighted by Gasteiger charge is 2.24. The van der Waals surface area contributed by atoms with Crippen LogP contribution in [0.3, 0.4) is 0 Å². The van der Waals surface area contributed by atoms with Crippen molar-refractivity contribution in [2.75, 3.05) is 26.7 Å². The highest BCUT2D eigenvalue weighted by atomic mass is 16.5. The molecule has 110 valence electrons. The van der Waals surface area contributed by atoms with Crippen molar-refractivity contribution in [1.29, 1.82) is 0 Å². The molecule has 1 aliphatic heterocycles. The van der Waals surface area contributed by atoms with Gasteiger partial charge in [0.25, 0.3) is 0 Å². The van der Waals surface area contributed by atoms with Crippen LogP contribution in [0.25, 0.3) is 0 Å². The summed E-state index contributed by atoms with van der Waals surface area (Å²) in [5.41, 5.74) is 1.18. The van der Waals surface area contributed by atoms with E-state index in [9.17, 15) is 4.79 Å². The van der Waals surface area contributed by atoms with Gasteiger partial charge in [-0.15, -0.1) is 0 Å². The third-order valence-electron chi connectivity index (χ3n) is 3.79. The zero-order valence-corrected chi connectivity index (χ0v) is 12.3. The van der Waals surface area contributed by atoms with E-state index < -0.39 is 0 Å². The molecule has 0 saturated carbocycles. The average molecular weight is 276 g/mol. The molecule has 0 radical (unpaired) electrons. The number of hydrogen-bond donors (Lipinski definition) is 2. The third-order valence-corrected chi connectivity index (χ3v) is 3.79. The first-order chi connectivity index (χ1) is 9.69. The van der Waals surface area contributed by atoms with Crippen LogP contribution in [0.2, 0.25) is 0 Å². The molecule has 1 aliphatic rings. The number of benzene rings is 1. The van der Waals surface area contributed by atoms with Crippen LogP contribution in [0.15, 0.2) is 24.3 Å². The van der Waals surface area contributed by atoms with E-state index in [-0.39, 0.29) is 11.8 Å². The molecule has 20 heavy (non-hydrogen) atoms. The van der Waals surface area contributed by atoms with Gasteiger partial charge in [-0.05, 0) is 43.0 Å². The molecule has 1 aromatic rings. The minimum Gasteiger partial charge on any atom is -0.497 e. The molecule has 0 aliphatic carbocycles. The van der Waals surface area contributed by atoms with Gasteiger partial charge in [0, 0.05) is 13.1 Å². The molecule has 1 aromatic carbocycles. The molecule has 1 amide bonds. The van der Waals surface area contributed by atoms with Crippen LogP contribution in [0.5, 0.6) is 5.75 Å². The Labute approximate surface area is 120 Å². The molecule has 0 aromatic heterocycles. The molecule has 2 rings (SSSR count). The molecule has 2 N–H and O–H groups in total. The maximum absolute atomic E-state index is 12.1. The summed E-state index contributed by atoms with van der Waals surface area (Å²) < 4.78 is 5.19. The van der Waals surface area contributed by atoms with Crippen molar-refractivity contribution in [2.24, 2.45) is 11.8 Å². The lowest BCUT2D eigenvalue weighted by atomic mass is 9.91. The lowest BCUT2D eigenvalue weighted by Crippen LogP contribution is -2.43. The fourth-order valence-electron chi connectivity index (χ4n) is 2.66. The summed E-state index contributed by atoms with van der Waals surface area (Å²) in [6, 6.07) is 7.97. The van der Waals surface area contributed by atoms with E-state index in [1.165, 1.54) is 5.56 Å². The van der Waals surface area contributed by atoms with E-state index in [1.807, 2.05) is 18.2 Å². The smallest absolute Gasteiger partial charge is 0.224 e. The topological polar surface area (TPSA) is 50.4 Å². The summed E-state index contributed by atoms with van der Waals surface area (Å²) in [5.74, 6) is 1.73. The number of piperidine rings is 1. The predicted molar refractivity (Wildman–Crippen MR) is 79.8 cm³/mol. The number of rotatable bonds is 5. The number of carbonyl (C=O) groups is 1. The molecule has 2 unspecified atom stereocenters. The standard InChI is InChI=1S/C16H24N2O2/c1-12-8-14(11-17-10-12)16(19)18-7-6-13-4-3-5-15(9-13)20-2/h3-5,9,12,14,17H,6-8,10-11H2,1-2H3,(H,18,19). The SMILES string of the molecule is COc1cccc(CCNC(=O)C2CNCC(C)C2)c1. The lowest BCUT2D eigenvalue weighted by molar-refractivity contribution is -0.125. The van der Waals surface area contributed by atoms with Crippen LogP contribution in [0.1, 0.15) is 18.9 Å². The average Bonchev–Trinajstić information content (AvgIpc) is 2.47. The van der Waals surface area contributed by atoms with E-state index in [2.05, 4.69) is 23.6 Å². The van der Waals surface area contributed by atoms with Crippen LogP contribution in [-0.2, 0) is 11.2 Å². The molecule has 0 bridgehead atoms. The molecule has 1 fully saturated rings. The van der Waals surface area contributed by atoms with Crippen molar-refractivity contribution in [3.05, 3.63) is 29.8 Å². The van der Waals surface area contributed by atoms with Crippen LogP contribution >= 0.6 is 0 Å². The van der Waals surface area contributed by atoms with Gasteiger partial charge in [0.15, 0.2) is 0 Å². The van der Waals surface area contributed by atoms with Crippen LogP contribution in [-0.4, -0.2) is 32.7 Å². The third kappa shape index (κ3) is 4.23. The molecule has 1 saturated heterocycles. The van der Waals surface area contributed by atoms with Gasteiger partial charge in [-0.2, -0.15) is 0 Å². The van der Waals surface area contributed by atoms with Crippen LogP contribution in [0.4, 0.5) is 0 Å². The summed E-state index contributed by atoms with van der Waals surface area (Å²) in [5, 5.41) is 6.35.